The quantitative estimate of drug-likeness (QED) is 0.911. The van der Waals surface area contributed by atoms with Gasteiger partial charge in [0.1, 0.15) is 5.76 Å². The Hall–Kier alpha value is -0.0600. The molecule has 1 saturated heterocycles. The van der Waals surface area contributed by atoms with Crippen LogP contribution in [0.25, 0.3) is 0 Å². The molecule has 1 fully saturated rings. The van der Waals surface area contributed by atoms with E-state index >= 15 is 0 Å². The van der Waals surface area contributed by atoms with Gasteiger partial charge in [-0.3, -0.25) is 0 Å². The van der Waals surface area contributed by atoms with Crippen molar-refractivity contribution >= 4 is 23.5 Å². The van der Waals surface area contributed by atoms with Crippen molar-refractivity contribution in [1.29, 1.82) is 0 Å². The topological polar surface area (TPSA) is 25.2 Å². The van der Waals surface area contributed by atoms with Crippen LogP contribution in [-0.2, 0) is 6.42 Å². The van der Waals surface area contributed by atoms with E-state index in [1.54, 1.807) is 0 Å². The van der Waals surface area contributed by atoms with Crippen LogP contribution in [0.1, 0.15) is 30.2 Å². The van der Waals surface area contributed by atoms with Gasteiger partial charge in [-0.15, -0.1) is 0 Å². The molecule has 0 amide bonds. The third-order valence-electron chi connectivity index (χ3n) is 3.53. The predicted octanol–water partition coefficient (Wildman–Crippen LogP) is 3.10. The number of thioether (sulfide) groups is 2. The van der Waals surface area contributed by atoms with Crippen LogP contribution >= 0.6 is 23.5 Å². The van der Waals surface area contributed by atoms with E-state index in [0.29, 0.717) is 6.04 Å². The van der Waals surface area contributed by atoms with Gasteiger partial charge in [0.2, 0.25) is 0 Å². The molecule has 1 N–H and O–H groups in total. The monoisotopic (exact) mass is 269 g/mol. The molecule has 1 aliphatic heterocycles. The summed E-state index contributed by atoms with van der Waals surface area (Å²) in [6, 6.07) is 2.68. The van der Waals surface area contributed by atoms with Gasteiger partial charge in [0.15, 0.2) is 0 Å². The molecular formula is C13H19NOS2. The highest BCUT2D eigenvalue weighted by Crippen LogP contribution is 2.31. The summed E-state index contributed by atoms with van der Waals surface area (Å²) in [6.45, 7) is 1.15. The fraction of sp³-hybridized carbons (Fsp3) is 0.692. The van der Waals surface area contributed by atoms with Crippen molar-refractivity contribution in [2.24, 2.45) is 0 Å². The minimum Gasteiger partial charge on any atom is -0.469 e. The summed E-state index contributed by atoms with van der Waals surface area (Å²) in [4.78, 5) is 0. The van der Waals surface area contributed by atoms with Crippen molar-refractivity contribution in [3.63, 3.8) is 0 Å². The summed E-state index contributed by atoms with van der Waals surface area (Å²) in [5.74, 6) is 5.16. The Morgan fingerprint density at radius 3 is 3.29 bits per heavy atom. The zero-order valence-electron chi connectivity index (χ0n) is 9.98. The number of hydrogen-bond acceptors (Lipinski definition) is 4. The zero-order chi connectivity index (χ0) is 11.5. The molecule has 2 unspecified atom stereocenters. The molecule has 0 aromatic carbocycles. The van der Waals surface area contributed by atoms with Gasteiger partial charge < -0.3 is 9.73 Å². The Morgan fingerprint density at radius 1 is 1.41 bits per heavy atom. The van der Waals surface area contributed by atoms with Crippen molar-refractivity contribution in [1.82, 2.24) is 5.32 Å². The third kappa shape index (κ3) is 2.85. The van der Waals surface area contributed by atoms with E-state index in [2.05, 4.69) is 34.9 Å². The number of furan rings is 1. The molecule has 1 aromatic heterocycles. The summed E-state index contributed by atoms with van der Waals surface area (Å²) in [6.07, 6.45) is 5.48. The van der Waals surface area contributed by atoms with E-state index in [0.717, 1.165) is 18.2 Å². The Labute approximate surface area is 111 Å². The van der Waals surface area contributed by atoms with Gasteiger partial charge in [-0.05, 0) is 18.9 Å². The molecule has 4 heteroatoms. The first kappa shape index (κ1) is 12.0. The molecule has 94 valence electrons. The first-order valence-electron chi connectivity index (χ1n) is 6.42. The molecule has 17 heavy (non-hydrogen) atoms. The van der Waals surface area contributed by atoms with E-state index < -0.39 is 0 Å². The Morgan fingerprint density at radius 2 is 2.41 bits per heavy atom. The number of fused-ring (bicyclic) bond motifs is 1. The first-order valence-corrected chi connectivity index (χ1v) is 8.63. The highest BCUT2D eigenvalue weighted by Gasteiger charge is 2.23. The van der Waals surface area contributed by atoms with Gasteiger partial charge in [0.05, 0.1) is 6.26 Å². The molecule has 2 atom stereocenters. The molecule has 0 saturated carbocycles. The molecule has 1 aliphatic carbocycles. The average Bonchev–Trinajstić information content (AvgIpc) is 2.86. The molecule has 3 rings (SSSR count). The third-order valence-corrected chi connectivity index (χ3v) is 6.37. The van der Waals surface area contributed by atoms with Crippen LogP contribution in [0.4, 0.5) is 0 Å². The van der Waals surface area contributed by atoms with E-state index in [1.807, 2.05) is 6.26 Å². The molecule has 0 radical (unpaired) electrons. The van der Waals surface area contributed by atoms with Crippen LogP contribution < -0.4 is 5.32 Å². The van der Waals surface area contributed by atoms with E-state index in [4.69, 9.17) is 4.42 Å². The zero-order valence-corrected chi connectivity index (χ0v) is 11.6. The fourth-order valence-electron chi connectivity index (χ4n) is 2.63. The highest BCUT2D eigenvalue weighted by molar-refractivity contribution is 8.06. The van der Waals surface area contributed by atoms with E-state index in [9.17, 15) is 0 Å². The van der Waals surface area contributed by atoms with Crippen molar-refractivity contribution in [2.45, 2.75) is 30.6 Å². The highest BCUT2D eigenvalue weighted by atomic mass is 32.2. The summed E-state index contributed by atoms with van der Waals surface area (Å²) < 4.78 is 5.53. The summed E-state index contributed by atoms with van der Waals surface area (Å²) in [5, 5.41) is 4.54. The first-order chi connectivity index (χ1) is 8.43. The molecule has 2 heterocycles. The van der Waals surface area contributed by atoms with Gasteiger partial charge in [0.25, 0.3) is 0 Å². The lowest BCUT2D eigenvalue weighted by molar-refractivity contribution is 0.413. The molecule has 1 aromatic rings. The standard InChI is InChI=1S/C13H19NOS2/c1-2-12(11-4-5-15-13(11)3-1)14-8-10-9-16-6-7-17-10/h4-5,10,12,14H,1-3,6-9H2. The molecule has 0 spiro atoms. The lowest BCUT2D eigenvalue weighted by Gasteiger charge is -2.27. The van der Waals surface area contributed by atoms with Gasteiger partial charge in [-0.25, -0.2) is 0 Å². The maximum Gasteiger partial charge on any atom is 0.108 e. The number of rotatable bonds is 3. The van der Waals surface area contributed by atoms with Crippen molar-refractivity contribution in [3.8, 4) is 0 Å². The molecule has 0 bridgehead atoms. The number of nitrogens with one attached hydrogen (secondary N) is 1. The van der Waals surface area contributed by atoms with Crippen LogP contribution in [0.3, 0.4) is 0 Å². The maximum atomic E-state index is 5.53. The number of hydrogen-bond donors (Lipinski definition) is 1. The molecule has 2 aliphatic rings. The van der Waals surface area contributed by atoms with Gasteiger partial charge >= 0.3 is 0 Å². The second-order valence-electron chi connectivity index (χ2n) is 4.72. The smallest absolute Gasteiger partial charge is 0.108 e. The van der Waals surface area contributed by atoms with Crippen molar-refractivity contribution in [2.75, 3.05) is 23.8 Å². The van der Waals surface area contributed by atoms with Crippen LogP contribution in [0.5, 0.6) is 0 Å². The van der Waals surface area contributed by atoms with Crippen LogP contribution in [0.15, 0.2) is 16.7 Å². The Balaban J connectivity index is 1.56. The Kier molecular flexibility index (Phi) is 4.04. The van der Waals surface area contributed by atoms with Gasteiger partial charge in [0, 0.05) is 47.1 Å². The molecule has 2 nitrogen and oxygen atoms in total. The minimum atomic E-state index is 0.532. The molecular weight excluding hydrogens is 250 g/mol. The maximum absolute atomic E-state index is 5.53. The lowest BCUT2D eigenvalue weighted by Crippen LogP contribution is -2.33. The van der Waals surface area contributed by atoms with Gasteiger partial charge in [-0.1, -0.05) is 0 Å². The minimum absolute atomic E-state index is 0.532. The van der Waals surface area contributed by atoms with Crippen molar-refractivity contribution in [3.05, 3.63) is 23.7 Å². The summed E-state index contributed by atoms with van der Waals surface area (Å²) in [7, 11) is 0. The van der Waals surface area contributed by atoms with Crippen LogP contribution in [0, 0.1) is 0 Å². The van der Waals surface area contributed by atoms with Crippen molar-refractivity contribution < 1.29 is 4.42 Å². The average molecular weight is 269 g/mol. The van der Waals surface area contributed by atoms with Crippen LogP contribution in [-0.4, -0.2) is 29.1 Å². The summed E-state index contributed by atoms with van der Waals surface area (Å²) in [5.41, 5.74) is 1.41. The SMILES string of the molecule is c1cc2c(o1)CCCC2NCC1CSCCS1. The van der Waals surface area contributed by atoms with Gasteiger partial charge in [-0.2, -0.15) is 23.5 Å². The lowest BCUT2D eigenvalue weighted by atomic mass is 9.93. The van der Waals surface area contributed by atoms with E-state index in [1.165, 1.54) is 41.4 Å². The largest absolute Gasteiger partial charge is 0.469 e. The summed E-state index contributed by atoms with van der Waals surface area (Å²) >= 11 is 4.23. The normalized spacial score (nSPS) is 28.9. The fourth-order valence-corrected chi connectivity index (χ4v) is 5.25. The van der Waals surface area contributed by atoms with E-state index in [-0.39, 0.29) is 0 Å². The number of aryl methyl sites for hydroxylation is 1. The second kappa shape index (κ2) is 5.72. The second-order valence-corrected chi connectivity index (χ2v) is 7.28. The predicted molar refractivity (Wildman–Crippen MR) is 76.0 cm³/mol. The van der Waals surface area contributed by atoms with Crippen LogP contribution in [0.2, 0.25) is 0 Å². The Bertz CT molecular complexity index is 360.